The monoisotopic (exact) mass is 363 g/mol. The van der Waals surface area contributed by atoms with Gasteiger partial charge in [-0.25, -0.2) is 9.97 Å². The Morgan fingerprint density at radius 2 is 1.87 bits per heavy atom. The summed E-state index contributed by atoms with van der Waals surface area (Å²) in [5, 5.41) is 1.71. The molecular formula is C18H10BrN3O. The SMILES string of the molecule is O=c1c2ccccc2nc2n1Cc1cc3cc(Br)ccc3nc1-2. The molecule has 4 nitrogen and oxygen atoms in total. The molecule has 2 aromatic carbocycles. The molecule has 0 saturated carbocycles. The van der Waals surface area contributed by atoms with Crippen LogP contribution in [0.2, 0.25) is 0 Å². The highest BCUT2D eigenvalue weighted by atomic mass is 79.9. The largest absolute Gasteiger partial charge is 0.286 e. The van der Waals surface area contributed by atoms with Crippen molar-refractivity contribution in [3.8, 4) is 11.5 Å². The van der Waals surface area contributed by atoms with Gasteiger partial charge in [-0.05, 0) is 36.4 Å². The molecule has 2 aromatic heterocycles. The Morgan fingerprint density at radius 1 is 1.00 bits per heavy atom. The van der Waals surface area contributed by atoms with Gasteiger partial charge in [0, 0.05) is 15.4 Å². The second kappa shape index (κ2) is 4.49. The minimum Gasteiger partial charge on any atom is -0.286 e. The maximum atomic E-state index is 12.7. The summed E-state index contributed by atoms with van der Waals surface area (Å²) < 4.78 is 2.73. The normalized spacial score (nSPS) is 12.6. The van der Waals surface area contributed by atoms with E-state index >= 15 is 0 Å². The van der Waals surface area contributed by atoms with E-state index in [9.17, 15) is 4.79 Å². The average molecular weight is 364 g/mol. The van der Waals surface area contributed by atoms with E-state index in [-0.39, 0.29) is 5.56 Å². The van der Waals surface area contributed by atoms with Gasteiger partial charge < -0.3 is 0 Å². The van der Waals surface area contributed by atoms with Gasteiger partial charge in [0.1, 0.15) is 5.69 Å². The molecule has 0 saturated heterocycles. The average Bonchev–Trinajstić information content (AvgIpc) is 2.91. The predicted octanol–water partition coefficient (Wildman–Crippen LogP) is 3.74. The Hall–Kier alpha value is -2.53. The number of benzene rings is 2. The molecule has 5 rings (SSSR count). The highest BCUT2D eigenvalue weighted by Gasteiger charge is 2.24. The lowest BCUT2D eigenvalue weighted by molar-refractivity contribution is 0.797. The molecule has 1 aliphatic rings. The number of para-hydroxylation sites is 1. The van der Waals surface area contributed by atoms with E-state index in [1.165, 1.54) is 0 Å². The number of aromatic nitrogens is 3. The zero-order chi connectivity index (χ0) is 15.6. The molecule has 0 N–H and O–H groups in total. The third kappa shape index (κ3) is 1.80. The fourth-order valence-corrected chi connectivity index (χ4v) is 3.55. The highest BCUT2D eigenvalue weighted by Crippen LogP contribution is 2.31. The molecule has 3 heterocycles. The van der Waals surface area contributed by atoms with Crippen molar-refractivity contribution in [2.24, 2.45) is 0 Å². The molecule has 0 amide bonds. The number of hydrogen-bond acceptors (Lipinski definition) is 3. The van der Waals surface area contributed by atoms with Gasteiger partial charge in [-0.2, -0.15) is 0 Å². The lowest BCUT2D eigenvalue weighted by Gasteiger charge is -2.04. The van der Waals surface area contributed by atoms with Gasteiger partial charge in [0.05, 0.1) is 23.0 Å². The van der Waals surface area contributed by atoms with Gasteiger partial charge in [0.15, 0.2) is 5.82 Å². The number of halogens is 1. The van der Waals surface area contributed by atoms with Gasteiger partial charge >= 0.3 is 0 Å². The summed E-state index contributed by atoms with van der Waals surface area (Å²) in [5.41, 5.74) is 3.46. The van der Waals surface area contributed by atoms with Gasteiger partial charge in [0.2, 0.25) is 0 Å². The summed E-state index contributed by atoms with van der Waals surface area (Å²) in [6.45, 7) is 0.525. The number of hydrogen-bond donors (Lipinski definition) is 0. The van der Waals surface area contributed by atoms with Crippen molar-refractivity contribution in [3.05, 3.63) is 68.9 Å². The molecule has 0 unspecified atom stereocenters. The second-order valence-corrected chi connectivity index (χ2v) is 6.59. The van der Waals surface area contributed by atoms with Gasteiger partial charge in [-0.3, -0.25) is 9.36 Å². The van der Waals surface area contributed by atoms with Crippen molar-refractivity contribution < 1.29 is 0 Å². The minimum atomic E-state index is -0.00571. The van der Waals surface area contributed by atoms with Crippen LogP contribution in [0.1, 0.15) is 5.56 Å². The summed E-state index contributed by atoms with van der Waals surface area (Å²) in [6.07, 6.45) is 0. The Balaban J connectivity index is 1.86. The van der Waals surface area contributed by atoms with Crippen molar-refractivity contribution >= 4 is 37.7 Å². The van der Waals surface area contributed by atoms with Crippen LogP contribution >= 0.6 is 15.9 Å². The maximum absolute atomic E-state index is 12.7. The van der Waals surface area contributed by atoms with Gasteiger partial charge in [-0.1, -0.05) is 28.1 Å². The standard InChI is InChI=1S/C18H10BrN3O/c19-12-5-6-14-10(8-12)7-11-9-22-17(16(11)20-14)21-15-4-2-1-3-13(15)18(22)23/h1-8H,9H2. The Morgan fingerprint density at radius 3 is 2.78 bits per heavy atom. The topological polar surface area (TPSA) is 47.8 Å². The third-order valence-corrected chi connectivity index (χ3v) is 4.75. The van der Waals surface area contributed by atoms with Crippen LogP contribution in [-0.2, 0) is 6.54 Å². The van der Waals surface area contributed by atoms with Crippen molar-refractivity contribution in [1.29, 1.82) is 0 Å². The van der Waals surface area contributed by atoms with Crippen molar-refractivity contribution in [1.82, 2.24) is 14.5 Å². The van der Waals surface area contributed by atoms with E-state index in [0.29, 0.717) is 23.3 Å². The fourth-order valence-electron chi connectivity index (χ4n) is 3.17. The quantitative estimate of drug-likeness (QED) is 0.421. The second-order valence-electron chi connectivity index (χ2n) is 5.68. The van der Waals surface area contributed by atoms with Crippen LogP contribution in [0, 0.1) is 0 Å². The van der Waals surface area contributed by atoms with Crippen molar-refractivity contribution in [2.75, 3.05) is 0 Å². The summed E-state index contributed by atoms with van der Waals surface area (Å²) in [6, 6.07) is 15.5. The molecule has 0 fully saturated rings. The lowest BCUT2D eigenvalue weighted by atomic mass is 10.1. The van der Waals surface area contributed by atoms with E-state index in [1.54, 1.807) is 4.57 Å². The summed E-state index contributed by atoms with van der Waals surface area (Å²) in [4.78, 5) is 22.1. The smallest absolute Gasteiger partial charge is 0.262 e. The molecule has 0 spiro atoms. The number of fused-ring (bicyclic) bond motifs is 5. The first-order chi connectivity index (χ1) is 11.2. The molecule has 110 valence electrons. The lowest BCUT2D eigenvalue weighted by Crippen LogP contribution is -2.20. The van der Waals surface area contributed by atoms with Crippen molar-refractivity contribution in [3.63, 3.8) is 0 Å². The van der Waals surface area contributed by atoms with Crippen molar-refractivity contribution in [2.45, 2.75) is 6.54 Å². The number of rotatable bonds is 0. The Kier molecular flexibility index (Phi) is 2.53. The molecule has 0 atom stereocenters. The van der Waals surface area contributed by atoms with E-state index in [0.717, 1.165) is 26.6 Å². The van der Waals surface area contributed by atoms with Crippen LogP contribution in [-0.4, -0.2) is 14.5 Å². The van der Waals surface area contributed by atoms with Crippen LogP contribution in [0.5, 0.6) is 0 Å². The molecule has 0 bridgehead atoms. The van der Waals surface area contributed by atoms with Crippen LogP contribution in [0.15, 0.2) is 57.8 Å². The maximum Gasteiger partial charge on any atom is 0.262 e. The number of nitrogens with zero attached hydrogens (tertiary/aromatic N) is 3. The molecule has 5 heteroatoms. The summed E-state index contributed by atoms with van der Waals surface area (Å²) in [7, 11) is 0. The molecule has 0 aliphatic carbocycles. The van der Waals surface area contributed by atoms with Crippen LogP contribution in [0.3, 0.4) is 0 Å². The molecule has 23 heavy (non-hydrogen) atoms. The van der Waals surface area contributed by atoms with Crippen LogP contribution < -0.4 is 5.56 Å². The summed E-state index contributed by atoms with van der Waals surface area (Å²) >= 11 is 3.49. The first-order valence-corrected chi connectivity index (χ1v) is 8.09. The van der Waals surface area contributed by atoms with E-state index in [2.05, 4.69) is 27.0 Å². The first kappa shape index (κ1) is 13.0. The zero-order valence-corrected chi connectivity index (χ0v) is 13.5. The van der Waals surface area contributed by atoms with Gasteiger partial charge in [0.25, 0.3) is 5.56 Å². The highest BCUT2D eigenvalue weighted by molar-refractivity contribution is 9.10. The van der Waals surface area contributed by atoms with Crippen LogP contribution in [0.25, 0.3) is 33.3 Å². The molecule has 0 radical (unpaired) electrons. The van der Waals surface area contributed by atoms with Crippen LogP contribution in [0.4, 0.5) is 0 Å². The predicted molar refractivity (Wildman–Crippen MR) is 93.5 cm³/mol. The third-order valence-electron chi connectivity index (χ3n) is 4.26. The molecular weight excluding hydrogens is 354 g/mol. The van der Waals surface area contributed by atoms with E-state index in [1.807, 2.05) is 42.5 Å². The first-order valence-electron chi connectivity index (χ1n) is 7.30. The minimum absolute atomic E-state index is 0.00571. The molecule has 1 aliphatic heterocycles. The zero-order valence-electron chi connectivity index (χ0n) is 12.0. The molecule has 4 aromatic rings. The van der Waals surface area contributed by atoms with E-state index < -0.39 is 0 Å². The fraction of sp³-hybridized carbons (Fsp3) is 0.0556. The summed E-state index contributed by atoms with van der Waals surface area (Å²) in [5.74, 6) is 0.661. The Bertz CT molecular complexity index is 1180. The van der Waals surface area contributed by atoms with E-state index in [4.69, 9.17) is 4.98 Å². The Labute approximate surface area is 139 Å². The number of pyridine rings is 1. The van der Waals surface area contributed by atoms with Gasteiger partial charge in [-0.15, -0.1) is 0 Å².